The Bertz CT molecular complexity index is 924. The monoisotopic (exact) mass is 434 g/mol. The molecule has 2 aromatic rings. The lowest BCUT2D eigenvalue weighted by atomic mass is 9.74. The lowest BCUT2D eigenvalue weighted by Crippen LogP contribution is -2.37. The zero-order valence-corrected chi connectivity index (χ0v) is 17.7. The quantitative estimate of drug-likeness (QED) is 0.445. The second-order valence-corrected chi connectivity index (χ2v) is 8.48. The highest BCUT2D eigenvalue weighted by Crippen LogP contribution is 2.42. The zero-order valence-electron chi connectivity index (χ0n) is 17.0. The average molecular weight is 435 g/mol. The molecule has 1 saturated carbocycles. The largest absolute Gasteiger partial charge is 0.461 e. The van der Waals surface area contributed by atoms with E-state index in [1.165, 1.54) is 31.4 Å². The normalized spacial score (nSPS) is 19.5. The molecular formula is C23H25ClF2N2O2. The molecule has 1 aliphatic heterocycles. The van der Waals surface area contributed by atoms with Crippen LogP contribution in [0.5, 0.6) is 0 Å². The summed E-state index contributed by atoms with van der Waals surface area (Å²) < 4.78 is 33.3. The van der Waals surface area contributed by atoms with Crippen molar-refractivity contribution in [1.29, 1.82) is 0 Å². The molecule has 0 bridgehead atoms. The van der Waals surface area contributed by atoms with Gasteiger partial charge in [-0.3, -0.25) is 0 Å². The second-order valence-electron chi connectivity index (χ2n) is 8.10. The molecule has 1 aromatic heterocycles. The number of carbonyl (C=O) groups is 1. The highest BCUT2D eigenvalue weighted by molar-refractivity contribution is 6.31. The fourth-order valence-corrected chi connectivity index (χ4v) is 4.87. The van der Waals surface area contributed by atoms with Gasteiger partial charge in [-0.15, -0.1) is 0 Å². The van der Waals surface area contributed by atoms with Crippen LogP contribution in [0.3, 0.4) is 0 Å². The molecule has 1 fully saturated rings. The standard InChI is InChI=1S/C23H25ClF2N2O2/c1-2-30-23(29)21-10-17-15(11-27-21)12-28(13-18(17)14-6-4-3-5-7-14)16-8-19(25)22(24)20(26)9-16/h8-11,14,18H,2-7,12-13H2,1H3. The number of halogens is 3. The van der Waals surface area contributed by atoms with Crippen LogP contribution < -0.4 is 4.90 Å². The average Bonchev–Trinajstić information content (AvgIpc) is 2.76. The fourth-order valence-electron chi connectivity index (χ4n) is 4.76. The lowest BCUT2D eigenvalue weighted by molar-refractivity contribution is 0.0519. The summed E-state index contributed by atoms with van der Waals surface area (Å²) in [6, 6.07) is 4.43. The molecule has 2 aliphatic rings. The van der Waals surface area contributed by atoms with E-state index in [2.05, 4.69) is 4.98 Å². The lowest BCUT2D eigenvalue weighted by Gasteiger charge is -2.41. The highest BCUT2D eigenvalue weighted by Gasteiger charge is 2.34. The van der Waals surface area contributed by atoms with Crippen LogP contribution in [0.4, 0.5) is 14.5 Å². The number of benzene rings is 1. The van der Waals surface area contributed by atoms with Crippen molar-refractivity contribution in [2.75, 3.05) is 18.1 Å². The first-order valence-corrected chi connectivity index (χ1v) is 10.9. The van der Waals surface area contributed by atoms with E-state index in [0.717, 1.165) is 24.0 Å². The number of nitrogens with zero attached hydrogens (tertiary/aromatic N) is 2. The second kappa shape index (κ2) is 8.88. The van der Waals surface area contributed by atoms with Gasteiger partial charge in [0, 0.05) is 30.9 Å². The van der Waals surface area contributed by atoms with Crippen LogP contribution >= 0.6 is 11.6 Å². The van der Waals surface area contributed by atoms with E-state index in [-0.39, 0.29) is 5.92 Å². The molecule has 30 heavy (non-hydrogen) atoms. The first-order valence-electron chi connectivity index (χ1n) is 10.5. The predicted octanol–water partition coefficient (Wildman–Crippen LogP) is 5.87. The van der Waals surface area contributed by atoms with Crippen molar-refractivity contribution in [2.45, 2.75) is 51.5 Å². The predicted molar refractivity (Wildman–Crippen MR) is 112 cm³/mol. The van der Waals surface area contributed by atoms with Gasteiger partial charge in [0.25, 0.3) is 0 Å². The summed E-state index contributed by atoms with van der Waals surface area (Å²) in [7, 11) is 0. The number of aromatic nitrogens is 1. The number of pyridine rings is 1. The first-order chi connectivity index (χ1) is 14.5. The Labute approximate surface area is 180 Å². The van der Waals surface area contributed by atoms with E-state index >= 15 is 0 Å². The number of hydrogen-bond acceptors (Lipinski definition) is 4. The van der Waals surface area contributed by atoms with Crippen molar-refractivity contribution in [3.8, 4) is 0 Å². The first kappa shape index (κ1) is 21.0. The summed E-state index contributed by atoms with van der Waals surface area (Å²) in [4.78, 5) is 18.5. The van der Waals surface area contributed by atoms with Crippen LogP contribution in [-0.4, -0.2) is 24.1 Å². The molecular weight excluding hydrogens is 410 g/mol. The van der Waals surface area contributed by atoms with Crippen molar-refractivity contribution >= 4 is 23.3 Å². The Hall–Kier alpha value is -2.21. The van der Waals surface area contributed by atoms with Crippen molar-refractivity contribution in [3.63, 3.8) is 0 Å². The minimum absolute atomic E-state index is 0.159. The van der Waals surface area contributed by atoms with Gasteiger partial charge in [-0.1, -0.05) is 30.9 Å². The summed E-state index contributed by atoms with van der Waals surface area (Å²) in [5.74, 6) is -1.33. The summed E-state index contributed by atoms with van der Waals surface area (Å²) in [5.41, 5.74) is 2.86. The van der Waals surface area contributed by atoms with Crippen LogP contribution in [-0.2, 0) is 11.3 Å². The molecule has 4 nitrogen and oxygen atoms in total. The van der Waals surface area contributed by atoms with Crippen LogP contribution in [0.15, 0.2) is 24.4 Å². The summed E-state index contributed by atoms with van der Waals surface area (Å²) in [6.07, 6.45) is 7.51. The van der Waals surface area contributed by atoms with E-state index in [1.54, 1.807) is 13.1 Å². The zero-order chi connectivity index (χ0) is 21.3. The van der Waals surface area contributed by atoms with Crippen LogP contribution in [0.25, 0.3) is 0 Å². The molecule has 0 spiro atoms. The third kappa shape index (κ3) is 4.15. The van der Waals surface area contributed by atoms with Gasteiger partial charge in [0.15, 0.2) is 0 Å². The number of anilines is 1. The molecule has 0 N–H and O–H groups in total. The van der Waals surface area contributed by atoms with Crippen molar-refractivity contribution in [2.24, 2.45) is 5.92 Å². The number of rotatable bonds is 4. The van der Waals surface area contributed by atoms with Crippen LogP contribution in [0.1, 0.15) is 66.6 Å². The Morgan fingerprint density at radius 1 is 1.20 bits per heavy atom. The van der Waals surface area contributed by atoms with Crippen molar-refractivity contribution in [1.82, 2.24) is 4.98 Å². The SMILES string of the molecule is CCOC(=O)c1cc2c(cn1)CN(c1cc(F)c(Cl)c(F)c1)CC2C1CCCCC1. The van der Waals surface area contributed by atoms with E-state index in [0.29, 0.717) is 37.0 Å². The Morgan fingerprint density at radius 2 is 1.90 bits per heavy atom. The molecule has 2 heterocycles. The third-order valence-corrected chi connectivity index (χ3v) is 6.60. The minimum atomic E-state index is -0.762. The topological polar surface area (TPSA) is 42.4 Å². The third-order valence-electron chi connectivity index (χ3n) is 6.24. The van der Waals surface area contributed by atoms with Gasteiger partial charge in [-0.25, -0.2) is 18.6 Å². The summed E-state index contributed by atoms with van der Waals surface area (Å²) in [6.45, 7) is 3.16. The molecule has 0 amide bonds. The van der Waals surface area contributed by atoms with Crippen LogP contribution in [0.2, 0.25) is 5.02 Å². The maximum absolute atomic E-state index is 14.1. The summed E-state index contributed by atoms with van der Waals surface area (Å²) >= 11 is 5.67. The van der Waals surface area contributed by atoms with E-state index in [1.807, 2.05) is 11.0 Å². The maximum Gasteiger partial charge on any atom is 0.356 e. The maximum atomic E-state index is 14.1. The fraction of sp³-hybridized carbons (Fsp3) is 0.478. The van der Waals surface area contributed by atoms with Crippen LogP contribution in [0, 0.1) is 17.6 Å². The smallest absolute Gasteiger partial charge is 0.356 e. The minimum Gasteiger partial charge on any atom is -0.461 e. The van der Waals surface area contributed by atoms with E-state index in [4.69, 9.17) is 16.3 Å². The van der Waals surface area contributed by atoms with E-state index in [9.17, 15) is 13.6 Å². The van der Waals surface area contributed by atoms with Crippen molar-refractivity contribution < 1.29 is 18.3 Å². The van der Waals surface area contributed by atoms with Crippen molar-refractivity contribution in [3.05, 3.63) is 57.9 Å². The Balaban J connectivity index is 1.71. The van der Waals surface area contributed by atoms with Gasteiger partial charge >= 0.3 is 5.97 Å². The number of hydrogen-bond donors (Lipinski definition) is 0. The molecule has 1 aromatic carbocycles. The van der Waals surface area contributed by atoms with Gasteiger partial charge in [-0.05, 0) is 55.0 Å². The Kier molecular flexibility index (Phi) is 6.23. The number of esters is 1. The number of fused-ring (bicyclic) bond motifs is 1. The molecule has 160 valence electrons. The van der Waals surface area contributed by atoms with E-state index < -0.39 is 22.6 Å². The molecule has 0 radical (unpaired) electrons. The Morgan fingerprint density at radius 3 is 2.57 bits per heavy atom. The molecule has 1 atom stereocenters. The van der Waals surface area contributed by atoms with Gasteiger partial charge in [0.2, 0.25) is 0 Å². The summed E-state index contributed by atoms with van der Waals surface area (Å²) in [5, 5.41) is -0.485. The number of ether oxygens (including phenoxy) is 1. The van der Waals surface area contributed by atoms with Gasteiger partial charge in [0.05, 0.1) is 6.61 Å². The number of carbonyl (C=O) groups excluding carboxylic acids is 1. The molecule has 1 aliphatic carbocycles. The highest BCUT2D eigenvalue weighted by atomic mass is 35.5. The van der Waals surface area contributed by atoms with Gasteiger partial charge < -0.3 is 9.64 Å². The molecule has 1 unspecified atom stereocenters. The van der Waals surface area contributed by atoms with Gasteiger partial charge in [-0.2, -0.15) is 0 Å². The molecule has 4 rings (SSSR count). The molecule has 0 saturated heterocycles. The molecule has 7 heteroatoms. The van der Waals surface area contributed by atoms with Gasteiger partial charge in [0.1, 0.15) is 22.4 Å².